The van der Waals surface area contributed by atoms with E-state index >= 15 is 0 Å². The molecular formula is C25H35NO7S2. The van der Waals surface area contributed by atoms with Crippen LogP contribution in [0.4, 0.5) is 0 Å². The molecule has 2 unspecified atom stereocenters. The number of hydrogen-bond donors (Lipinski definition) is 0. The SMILES string of the molecule is COC(=O)C1N(S(=O)(=O)c2ccc(OCC#CCCCOC3CCCCO3)cc2)CCSC1(C)C. The molecule has 2 aliphatic rings. The average Bonchev–Trinajstić information content (AvgIpc) is 2.85. The Morgan fingerprint density at radius 3 is 2.69 bits per heavy atom. The molecule has 0 aliphatic carbocycles. The maximum atomic E-state index is 13.3. The van der Waals surface area contributed by atoms with E-state index in [-0.39, 0.29) is 24.3 Å². The second-order valence-corrected chi connectivity index (χ2v) is 12.5. The van der Waals surface area contributed by atoms with Gasteiger partial charge >= 0.3 is 5.97 Å². The molecule has 0 amide bonds. The van der Waals surface area contributed by atoms with Gasteiger partial charge < -0.3 is 18.9 Å². The van der Waals surface area contributed by atoms with E-state index in [1.807, 2.05) is 13.8 Å². The topological polar surface area (TPSA) is 91.4 Å². The number of benzene rings is 1. The highest BCUT2D eigenvalue weighted by Gasteiger charge is 2.48. The molecule has 0 radical (unpaired) electrons. The number of ether oxygens (including phenoxy) is 4. The summed E-state index contributed by atoms with van der Waals surface area (Å²) in [6.07, 6.45) is 4.68. The number of rotatable bonds is 9. The van der Waals surface area contributed by atoms with Crippen LogP contribution in [-0.2, 0) is 29.0 Å². The van der Waals surface area contributed by atoms with Gasteiger partial charge in [0.1, 0.15) is 18.4 Å². The fraction of sp³-hybridized carbons (Fsp3) is 0.640. The number of carbonyl (C=O) groups excluding carboxylic acids is 1. The summed E-state index contributed by atoms with van der Waals surface area (Å²) in [5, 5.41) is 0. The molecule has 8 nitrogen and oxygen atoms in total. The first kappa shape index (κ1) is 27.8. The minimum atomic E-state index is -3.89. The maximum absolute atomic E-state index is 13.3. The minimum Gasteiger partial charge on any atom is -0.481 e. The van der Waals surface area contributed by atoms with Gasteiger partial charge in [0.2, 0.25) is 10.0 Å². The monoisotopic (exact) mass is 525 g/mol. The van der Waals surface area contributed by atoms with Crippen molar-refractivity contribution in [1.29, 1.82) is 0 Å². The van der Waals surface area contributed by atoms with Crippen LogP contribution in [0.3, 0.4) is 0 Å². The van der Waals surface area contributed by atoms with Crippen LogP contribution in [-0.4, -0.2) is 75.0 Å². The van der Waals surface area contributed by atoms with E-state index in [9.17, 15) is 13.2 Å². The molecule has 0 bridgehead atoms. The normalized spacial score (nSPS) is 22.6. The number of methoxy groups -OCH3 is 1. The van der Waals surface area contributed by atoms with Crippen molar-refractivity contribution >= 4 is 27.8 Å². The summed E-state index contributed by atoms with van der Waals surface area (Å²) < 4.78 is 49.1. The molecule has 1 aromatic rings. The van der Waals surface area contributed by atoms with Crippen LogP contribution in [0, 0.1) is 11.8 Å². The first-order chi connectivity index (χ1) is 16.8. The largest absolute Gasteiger partial charge is 0.481 e. The molecule has 10 heteroatoms. The van der Waals surface area contributed by atoms with Gasteiger partial charge in [0.15, 0.2) is 6.29 Å². The third kappa shape index (κ3) is 7.61. The number of nitrogens with zero attached hydrogens (tertiary/aromatic N) is 1. The zero-order chi connectivity index (χ0) is 25.3. The smallest absolute Gasteiger partial charge is 0.325 e. The van der Waals surface area contributed by atoms with Gasteiger partial charge in [-0.2, -0.15) is 16.1 Å². The van der Waals surface area contributed by atoms with Crippen molar-refractivity contribution in [2.24, 2.45) is 0 Å². The van der Waals surface area contributed by atoms with Crippen LogP contribution in [0.15, 0.2) is 29.2 Å². The molecular weight excluding hydrogens is 490 g/mol. The molecule has 0 spiro atoms. The molecule has 194 valence electrons. The van der Waals surface area contributed by atoms with Gasteiger partial charge in [-0.1, -0.05) is 11.8 Å². The van der Waals surface area contributed by atoms with Gasteiger partial charge in [-0.3, -0.25) is 4.79 Å². The van der Waals surface area contributed by atoms with E-state index in [1.165, 1.54) is 23.5 Å². The van der Waals surface area contributed by atoms with Gasteiger partial charge in [-0.25, -0.2) is 8.42 Å². The first-order valence-corrected chi connectivity index (χ1v) is 14.3. The third-order valence-electron chi connectivity index (χ3n) is 5.91. The standard InChI is InChI=1S/C25H35NO7S2/c1-25(2)23(24(27)30-3)26(15-19-34-25)35(28,29)21-13-11-20(12-14-21)31-16-7-4-5-8-17-32-22-10-6-9-18-33-22/h11-14,22-23H,5-6,8-10,15-19H2,1-3H3. The van der Waals surface area contributed by atoms with Crippen molar-refractivity contribution in [3.8, 4) is 17.6 Å². The molecule has 35 heavy (non-hydrogen) atoms. The average molecular weight is 526 g/mol. The van der Waals surface area contributed by atoms with Crippen LogP contribution < -0.4 is 4.74 Å². The lowest BCUT2D eigenvalue weighted by molar-refractivity contribution is -0.162. The van der Waals surface area contributed by atoms with Gasteiger partial charge in [0.25, 0.3) is 0 Å². The van der Waals surface area contributed by atoms with Crippen LogP contribution in [0.5, 0.6) is 5.75 Å². The number of hydrogen-bond acceptors (Lipinski definition) is 8. The van der Waals surface area contributed by atoms with Crippen molar-refractivity contribution in [2.45, 2.75) is 67.9 Å². The van der Waals surface area contributed by atoms with Crippen molar-refractivity contribution in [1.82, 2.24) is 4.31 Å². The number of unbranched alkanes of at least 4 members (excludes halogenated alkanes) is 1. The fourth-order valence-corrected chi connectivity index (χ4v) is 7.13. The molecule has 2 atom stereocenters. The fourth-order valence-electron chi connectivity index (χ4n) is 4.05. The predicted octanol–water partition coefficient (Wildman–Crippen LogP) is 3.45. The Hall–Kier alpha value is -1.77. The lowest BCUT2D eigenvalue weighted by Gasteiger charge is -2.43. The maximum Gasteiger partial charge on any atom is 0.325 e. The Morgan fingerprint density at radius 1 is 1.23 bits per heavy atom. The molecule has 2 saturated heterocycles. The summed E-state index contributed by atoms with van der Waals surface area (Å²) in [5.74, 6) is 6.58. The Morgan fingerprint density at radius 2 is 2.00 bits per heavy atom. The van der Waals surface area contributed by atoms with Crippen LogP contribution in [0.2, 0.25) is 0 Å². The highest BCUT2D eigenvalue weighted by molar-refractivity contribution is 8.00. The van der Waals surface area contributed by atoms with Gasteiger partial charge in [0, 0.05) is 30.1 Å². The summed E-state index contributed by atoms with van der Waals surface area (Å²) in [7, 11) is -2.61. The second kappa shape index (κ2) is 13.0. The van der Waals surface area contributed by atoms with Crippen LogP contribution in [0.25, 0.3) is 0 Å². The Labute approximate surface area is 213 Å². The summed E-state index contributed by atoms with van der Waals surface area (Å²) in [6.45, 7) is 5.57. The molecule has 3 rings (SSSR count). The quantitative estimate of drug-likeness (QED) is 0.275. The lowest BCUT2D eigenvalue weighted by Crippen LogP contribution is -2.58. The van der Waals surface area contributed by atoms with E-state index in [4.69, 9.17) is 18.9 Å². The molecule has 0 N–H and O–H groups in total. The van der Waals surface area contributed by atoms with Gasteiger partial charge in [-0.05, 0) is 63.8 Å². The first-order valence-electron chi connectivity index (χ1n) is 11.9. The van der Waals surface area contributed by atoms with E-state index in [1.54, 1.807) is 23.9 Å². The van der Waals surface area contributed by atoms with Gasteiger partial charge in [-0.15, -0.1) is 0 Å². The summed E-state index contributed by atoms with van der Waals surface area (Å²) >= 11 is 1.56. The number of carbonyl (C=O) groups is 1. The number of sulfonamides is 1. The Bertz CT molecular complexity index is 993. The lowest BCUT2D eigenvalue weighted by atomic mass is 10.0. The summed E-state index contributed by atoms with van der Waals surface area (Å²) in [4.78, 5) is 12.5. The van der Waals surface area contributed by atoms with Crippen LogP contribution >= 0.6 is 11.8 Å². The summed E-state index contributed by atoms with van der Waals surface area (Å²) in [6, 6.07) is 5.29. The van der Waals surface area contributed by atoms with Crippen LogP contribution in [0.1, 0.15) is 46.0 Å². The molecule has 2 heterocycles. The number of esters is 1. The van der Waals surface area contributed by atoms with E-state index in [0.29, 0.717) is 24.5 Å². The van der Waals surface area contributed by atoms with E-state index in [0.717, 1.165) is 32.3 Å². The highest BCUT2D eigenvalue weighted by Crippen LogP contribution is 2.38. The summed E-state index contributed by atoms with van der Waals surface area (Å²) in [5.41, 5.74) is 0. The van der Waals surface area contributed by atoms with Crippen molar-refractivity contribution in [3.63, 3.8) is 0 Å². The van der Waals surface area contributed by atoms with Gasteiger partial charge in [0.05, 0.1) is 18.6 Å². The zero-order valence-corrected chi connectivity index (χ0v) is 22.3. The van der Waals surface area contributed by atoms with Crippen molar-refractivity contribution in [2.75, 3.05) is 39.2 Å². The second-order valence-electron chi connectivity index (χ2n) is 8.88. The molecule has 2 fully saturated rings. The molecule has 0 saturated carbocycles. The zero-order valence-electron chi connectivity index (χ0n) is 20.7. The van der Waals surface area contributed by atoms with E-state index in [2.05, 4.69) is 11.8 Å². The highest BCUT2D eigenvalue weighted by atomic mass is 32.2. The van der Waals surface area contributed by atoms with E-state index < -0.39 is 26.8 Å². The van der Waals surface area contributed by atoms with Crippen molar-refractivity contribution < 1.29 is 32.2 Å². The Balaban J connectivity index is 1.49. The van der Waals surface area contributed by atoms with Crippen molar-refractivity contribution in [3.05, 3.63) is 24.3 Å². The molecule has 2 aliphatic heterocycles. The molecule has 1 aromatic carbocycles. The number of thioether (sulfide) groups is 1. The minimum absolute atomic E-state index is 0.0709. The predicted molar refractivity (Wildman–Crippen MR) is 135 cm³/mol. The Kier molecular flexibility index (Phi) is 10.3. The molecule has 0 aromatic heterocycles. The third-order valence-corrected chi connectivity index (χ3v) is 9.14.